The lowest BCUT2D eigenvalue weighted by atomic mass is 9.68. The van der Waals surface area contributed by atoms with Crippen LogP contribution in [0, 0.1) is 23.7 Å². The van der Waals surface area contributed by atoms with Gasteiger partial charge in [-0.2, -0.15) is 0 Å². The van der Waals surface area contributed by atoms with Gasteiger partial charge in [0.15, 0.2) is 11.5 Å². The number of benzene rings is 2. The molecule has 2 aliphatic carbocycles. The predicted octanol–water partition coefficient (Wildman–Crippen LogP) is 8.65. The Morgan fingerprint density at radius 1 is 0.756 bits per heavy atom. The van der Waals surface area contributed by atoms with Gasteiger partial charge in [-0.15, -0.1) is 0 Å². The fraction of sp³-hybridized carbons (Fsp3) is 0.500. The van der Waals surface area contributed by atoms with Crippen molar-refractivity contribution in [2.45, 2.75) is 84.5 Å². The number of carbonyl (C=O) groups excluding carboxylic acids is 3. The molecule has 2 aromatic carbocycles. The molecule has 0 aromatic heterocycles. The van der Waals surface area contributed by atoms with Crippen molar-refractivity contribution in [3.05, 3.63) is 66.8 Å². The first-order valence-corrected chi connectivity index (χ1v) is 16.4. The smallest absolute Gasteiger partial charge is 0.341 e. The number of methoxy groups -OCH3 is 1. The van der Waals surface area contributed by atoms with Gasteiger partial charge in [0.1, 0.15) is 5.75 Å². The van der Waals surface area contributed by atoms with E-state index in [0.29, 0.717) is 11.7 Å². The van der Waals surface area contributed by atoms with Crippen LogP contribution in [0.15, 0.2) is 66.8 Å². The summed E-state index contributed by atoms with van der Waals surface area (Å²) in [6.45, 7) is 11.2. The molecule has 0 heterocycles. The number of unbranched alkanes of at least 4 members (excludes halogenated alkanes) is 1. The van der Waals surface area contributed by atoms with Crippen LogP contribution in [0.2, 0.25) is 0 Å². The number of carbonyl (C=O) groups is 3. The van der Waals surface area contributed by atoms with Crippen LogP contribution in [-0.2, 0) is 19.1 Å². The number of hydrogen-bond acceptors (Lipinski definition) is 7. The van der Waals surface area contributed by atoms with Gasteiger partial charge < -0.3 is 18.9 Å². The topological polar surface area (TPSA) is 88.1 Å². The van der Waals surface area contributed by atoms with Gasteiger partial charge in [0.25, 0.3) is 0 Å². The van der Waals surface area contributed by atoms with E-state index >= 15 is 0 Å². The van der Waals surface area contributed by atoms with Crippen LogP contribution in [0.3, 0.4) is 0 Å². The Bertz CT molecular complexity index is 1340. The molecule has 2 aliphatic rings. The standard InChI is InChI=1S/C38H48O7/c1-6-7-8-27-9-11-28(12-10-27)29-13-15-31(16-14-29)38(41)45-35-23-32(19-22-34(35)44-36(39)25(2)3)30-17-20-33(21-18-30)43-37(40)26(4)24-42-5/h17-23,27-29,31H,2,4,6-16,24H2,1,3,5H3. The Hall–Kier alpha value is -3.71. The molecule has 0 spiro atoms. The van der Waals surface area contributed by atoms with E-state index in [1.807, 2.05) is 0 Å². The first-order chi connectivity index (χ1) is 21.7. The van der Waals surface area contributed by atoms with Crippen LogP contribution in [-0.4, -0.2) is 31.6 Å². The summed E-state index contributed by atoms with van der Waals surface area (Å²) in [6, 6.07) is 12.0. The van der Waals surface area contributed by atoms with Gasteiger partial charge in [-0.25, -0.2) is 9.59 Å². The van der Waals surface area contributed by atoms with E-state index in [1.54, 1.807) is 49.4 Å². The first-order valence-electron chi connectivity index (χ1n) is 16.4. The molecule has 2 saturated carbocycles. The van der Waals surface area contributed by atoms with Crippen molar-refractivity contribution in [1.29, 1.82) is 0 Å². The van der Waals surface area contributed by atoms with Gasteiger partial charge in [0, 0.05) is 12.7 Å². The molecule has 0 amide bonds. The lowest BCUT2D eigenvalue weighted by molar-refractivity contribution is -0.141. The lowest BCUT2D eigenvalue weighted by Gasteiger charge is -2.37. The highest BCUT2D eigenvalue weighted by Crippen LogP contribution is 2.43. The Morgan fingerprint density at radius 2 is 1.38 bits per heavy atom. The van der Waals surface area contributed by atoms with E-state index in [9.17, 15) is 14.4 Å². The molecule has 0 aliphatic heterocycles. The Morgan fingerprint density at radius 3 is 1.98 bits per heavy atom. The Balaban J connectivity index is 1.41. The molecular weight excluding hydrogens is 568 g/mol. The average molecular weight is 617 g/mol. The molecule has 2 fully saturated rings. The van der Waals surface area contributed by atoms with Gasteiger partial charge in [-0.3, -0.25) is 4.79 Å². The average Bonchev–Trinajstić information content (AvgIpc) is 3.05. The second-order valence-electron chi connectivity index (χ2n) is 12.7. The van der Waals surface area contributed by atoms with E-state index in [2.05, 4.69) is 20.1 Å². The summed E-state index contributed by atoms with van der Waals surface area (Å²) in [5.74, 6) is 1.45. The zero-order chi connectivity index (χ0) is 32.3. The lowest BCUT2D eigenvalue weighted by Crippen LogP contribution is -2.30. The summed E-state index contributed by atoms with van der Waals surface area (Å²) in [5, 5.41) is 0. The minimum Gasteiger partial charge on any atom is -0.423 e. The van der Waals surface area contributed by atoms with Crippen molar-refractivity contribution < 1.29 is 33.3 Å². The van der Waals surface area contributed by atoms with Crippen LogP contribution in [0.5, 0.6) is 17.2 Å². The minimum absolute atomic E-state index is 0.0856. The Kier molecular flexibility index (Phi) is 12.6. The maximum Gasteiger partial charge on any atom is 0.341 e. The summed E-state index contributed by atoms with van der Waals surface area (Å²) in [6.07, 6.45) is 13.1. The van der Waals surface area contributed by atoms with Gasteiger partial charge in [0.05, 0.1) is 18.1 Å². The van der Waals surface area contributed by atoms with Crippen LogP contribution < -0.4 is 14.2 Å². The van der Waals surface area contributed by atoms with Crippen LogP contribution >= 0.6 is 0 Å². The number of rotatable bonds is 13. The largest absolute Gasteiger partial charge is 0.423 e. The van der Waals surface area contributed by atoms with Gasteiger partial charge in [-0.05, 0) is 98.6 Å². The van der Waals surface area contributed by atoms with Gasteiger partial charge >= 0.3 is 17.9 Å². The van der Waals surface area contributed by atoms with Crippen molar-refractivity contribution in [3.8, 4) is 28.4 Å². The molecule has 7 nitrogen and oxygen atoms in total. The van der Waals surface area contributed by atoms with Crippen molar-refractivity contribution >= 4 is 17.9 Å². The molecule has 242 valence electrons. The summed E-state index contributed by atoms with van der Waals surface area (Å²) >= 11 is 0. The SMILES string of the molecule is C=C(C)C(=O)Oc1ccc(-c2ccc(OC(=O)C(=C)COC)cc2)cc1OC(=O)C1CCC(C2CCC(CCCC)CC2)CC1. The van der Waals surface area contributed by atoms with Crippen LogP contribution in [0.1, 0.15) is 84.5 Å². The summed E-state index contributed by atoms with van der Waals surface area (Å²) in [4.78, 5) is 37.9. The van der Waals surface area contributed by atoms with Gasteiger partial charge in [-0.1, -0.05) is 70.4 Å². The third-order valence-electron chi connectivity index (χ3n) is 9.34. The van der Waals surface area contributed by atoms with Crippen molar-refractivity contribution in [2.75, 3.05) is 13.7 Å². The van der Waals surface area contributed by atoms with Crippen LogP contribution in [0.4, 0.5) is 0 Å². The molecule has 4 rings (SSSR count). The number of ether oxygens (including phenoxy) is 4. The fourth-order valence-electron chi connectivity index (χ4n) is 6.63. The quantitative estimate of drug-likeness (QED) is 0.126. The maximum atomic E-state index is 13.4. The highest BCUT2D eigenvalue weighted by molar-refractivity contribution is 5.90. The second kappa shape index (κ2) is 16.6. The minimum atomic E-state index is -0.591. The summed E-state index contributed by atoms with van der Waals surface area (Å²) in [5.41, 5.74) is 2.00. The molecule has 0 N–H and O–H groups in total. The van der Waals surface area contributed by atoms with Crippen molar-refractivity contribution in [3.63, 3.8) is 0 Å². The van der Waals surface area contributed by atoms with Crippen molar-refractivity contribution in [2.24, 2.45) is 23.7 Å². The third kappa shape index (κ3) is 9.64. The predicted molar refractivity (Wildman–Crippen MR) is 175 cm³/mol. The van der Waals surface area contributed by atoms with E-state index in [4.69, 9.17) is 18.9 Å². The van der Waals surface area contributed by atoms with E-state index < -0.39 is 11.9 Å². The van der Waals surface area contributed by atoms with Crippen LogP contribution in [0.25, 0.3) is 11.1 Å². The zero-order valence-electron chi connectivity index (χ0n) is 27.1. The van der Waals surface area contributed by atoms with E-state index in [0.717, 1.165) is 48.6 Å². The normalized spacial score (nSPS) is 21.4. The Labute approximate surface area is 268 Å². The second-order valence-corrected chi connectivity index (χ2v) is 12.7. The number of esters is 3. The molecule has 2 aromatic rings. The van der Waals surface area contributed by atoms with E-state index in [1.165, 1.54) is 52.1 Å². The highest BCUT2D eigenvalue weighted by Gasteiger charge is 2.34. The fourth-order valence-corrected chi connectivity index (χ4v) is 6.63. The number of hydrogen-bond donors (Lipinski definition) is 0. The molecule has 0 bridgehead atoms. The van der Waals surface area contributed by atoms with Gasteiger partial charge in [0.2, 0.25) is 0 Å². The summed E-state index contributed by atoms with van der Waals surface area (Å²) in [7, 11) is 1.48. The monoisotopic (exact) mass is 616 g/mol. The third-order valence-corrected chi connectivity index (χ3v) is 9.34. The molecule has 7 heteroatoms. The molecule has 45 heavy (non-hydrogen) atoms. The summed E-state index contributed by atoms with van der Waals surface area (Å²) < 4.78 is 21.8. The zero-order valence-corrected chi connectivity index (χ0v) is 27.1. The first kappa shape index (κ1) is 34.2. The molecule has 0 saturated heterocycles. The van der Waals surface area contributed by atoms with Crippen molar-refractivity contribution in [1.82, 2.24) is 0 Å². The van der Waals surface area contributed by atoms with E-state index in [-0.39, 0.29) is 41.1 Å². The highest BCUT2D eigenvalue weighted by atomic mass is 16.6. The molecule has 0 unspecified atom stereocenters. The molecular formula is C38H48O7. The maximum absolute atomic E-state index is 13.4. The molecule has 0 atom stereocenters. The molecule has 0 radical (unpaired) electrons.